The van der Waals surface area contributed by atoms with E-state index in [0.717, 1.165) is 24.8 Å². The molecule has 0 fully saturated rings. The van der Waals surface area contributed by atoms with E-state index < -0.39 is 16.3 Å². The highest BCUT2D eigenvalue weighted by atomic mass is 32.2. The third-order valence-corrected chi connectivity index (χ3v) is 4.65. The van der Waals surface area contributed by atoms with Gasteiger partial charge in [0.15, 0.2) is 0 Å². The summed E-state index contributed by atoms with van der Waals surface area (Å²) < 4.78 is 32.7. The maximum atomic E-state index is 12.2. The van der Waals surface area contributed by atoms with Crippen LogP contribution in [-0.4, -0.2) is 20.7 Å². The molecule has 0 saturated carbocycles. The lowest BCUT2D eigenvalue weighted by molar-refractivity contribution is -0.0138. The molecule has 1 N–H and O–H groups in total. The summed E-state index contributed by atoms with van der Waals surface area (Å²) in [6, 6.07) is 6.78. The van der Waals surface area contributed by atoms with Crippen LogP contribution in [0.2, 0.25) is 0 Å². The lowest BCUT2D eigenvalue weighted by Crippen LogP contribution is -2.37. The fourth-order valence-corrected chi connectivity index (χ4v) is 3.13. The Kier molecular flexibility index (Phi) is 6.65. The molecule has 0 radical (unpaired) electrons. The van der Waals surface area contributed by atoms with Crippen molar-refractivity contribution in [1.29, 1.82) is 0 Å². The Hall–Kier alpha value is -0.910. The Balaban J connectivity index is 2.68. The number of ether oxygens (including phenoxy) is 1. The second kappa shape index (κ2) is 7.76. The van der Waals surface area contributed by atoms with Crippen molar-refractivity contribution in [3.63, 3.8) is 0 Å². The van der Waals surface area contributed by atoms with Crippen LogP contribution in [0.1, 0.15) is 45.6 Å². The van der Waals surface area contributed by atoms with E-state index in [1.54, 1.807) is 31.2 Å². The van der Waals surface area contributed by atoms with Crippen LogP contribution in [0.5, 0.6) is 0 Å². The second-order valence-electron chi connectivity index (χ2n) is 5.03. The van der Waals surface area contributed by atoms with E-state index in [9.17, 15) is 8.42 Å². The van der Waals surface area contributed by atoms with Gasteiger partial charge in [-0.05, 0) is 38.8 Å². The molecule has 0 aliphatic carbocycles. The molecule has 114 valence electrons. The molecule has 5 heteroatoms. The smallest absolute Gasteiger partial charge is 0.242 e. The van der Waals surface area contributed by atoms with Crippen LogP contribution < -0.4 is 4.72 Å². The van der Waals surface area contributed by atoms with E-state index in [-0.39, 0.29) is 11.0 Å². The van der Waals surface area contributed by atoms with Gasteiger partial charge in [-0.15, -0.1) is 0 Å². The van der Waals surface area contributed by atoms with Gasteiger partial charge < -0.3 is 4.74 Å². The van der Waals surface area contributed by atoms with Gasteiger partial charge in [0.05, 0.1) is 11.0 Å². The monoisotopic (exact) mass is 299 g/mol. The van der Waals surface area contributed by atoms with Crippen LogP contribution in [0.4, 0.5) is 0 Å². The average molecular weight is 299 g/mol. The summed E-state index contributed by atoms with van der Waals surface area (Å²) in [6.45, 7) is 7.78. The molecule has 0 aliphatic rings. The first-order valence-corrected chi connectivity index (χ1v) is 8.61. The zero-order valence-electron chi connectivity index (χ0n) is 12.7. The molecular formula is C15H25NO3S. The van der Waals surface area contributed by atoms with Gasteiger partial charge in [-0.25, -0.2) is 8.42 Å². The summed E-state index contributed by atoms with van der Waals surface area (Å²) in [4.78, 5) is 0.266. The Morgan fingerprint density at radius 1 is 1.20 bits per heavy atom. The molecule has 1 aromatic carbocycles. The van der Waals surface area contributed by atoms with Crippen LogP contribution in [-0.2, 0) is 14.8 Å². The maximum Gasteiger partial charge on any atom is 0.242 e. The van der Waals surface area contributed by atoms with Crippen LogP contribution >= 0.6 is 0 Å². The second-order valence-corrected chi connectivity index (χ2v) is 6.75. The fraction of sp³-hybridized carbons (Fsp3) is 0.600. The molecule has 0 amide bonds. The number of hydrogen-bond acceptors (Lipinski definition) is 3. The van der Waals surface area contributed by atoms with E-state index in [1.165, 1.54) is 0 Å². The molecule has 2 unspecified atom stereocenters. The molecule has 2 atom stereocenters. The minimum Gasteiger partial charge on any atom is -0.359 e. The predicted octanol–water partition coefficient (Wildman–Crippen LogP) is 3.21. The van der Waals surface area contributed by atoms with Crippen molar-refractivity contribution in [3.8, 4) is 0 Å². The first-order chi connectivity index (χ1) is 9.39. The molecule has 20 heavy (non-hydrogen) atoms. The van der Waals surface area contributed by atoms with Gasteiger partial charge in [0.2, 0.25) is 10.0 Å². The van der Waals surface area contributed by atoms with Crippen molar-refractivity contribution in [2.24, 2.45) is 0 Å². The normalized spacial score (nSPS) is 15.0. The molecule has 0 heterocycles. The summed E-state index contributed by atoms with van der Waals surface area (Å²) in [7, 11) is -3.52. The molecular weight excluding hydrogens is 274 g/mol. The van der Waals surface area contributed by atoms with Crippen LogP contribution in [0.15, 0.2) is 29.2 Å². The fourth-order valence-electron chi connectivity index (χ4n) is 2.01. The van der Waals surface area contributed by atoms with Crippen molar-refractivity contribution in [2.45, 2.75) is 64.2 Å². The van der Waals surface area contributed by atoms with Crippen molar-refractivity contribution in [3.05, 3.63) is 29.8 Å². The molecule has 0 spiro atoms. The average Bonchev–Trinajstić information content (AvgIpc) is 2.38. The number of rotatable bonds is 8. The van der Waals surface area contributed by atoms with Gasteiger partial charge in [0.1, 0.15) is 6.23 Å². The molecule has 0 saturated heterocycles. The number of benzene rings is 1. The highest BCUT2D eigenvalue weighted by Gasteiger charge is 2.19. The standard InChI is InChI=1S/C15H25NO3S/c1-5-7-14(6-2)19-13(4)16-20(17,18)15-10-8-12(3)9-11-15/h8-11,13-14,16H,5-7H2,1-4H3. The van der Waals surface area contributed by atoms with Crippen molar-refractivity contribution < 1.29 is 13.2 Å². The van der Waals surface area contributed by atoms with E-state index in [4.69, 9.17) is 4.74 Å². The van der Waals surface area contributed by atoms with Crippen LogP contribution in [0.3, 0.4) is 0 Å². The lowest BCUT2D eigenvalue weighted by Gasteiger charge is -2.21. The van der Waals surface area contributed by atoms with E-state index in [2.05, 4.69) is 11.6 Å². The minimum atomic E-state index is -3.52. The van der Waals surface area contributed by atoms with Gasteiger partial charge in [-0.3, -0.25) is 0 Å². The molecule has 1 rings (SSSR count). The maximum absolute atomic E-state index is 12.2. The van der Waals surface area contributed by atoms with E-state index in [0.29, 0.717) is 0 Å². The van der Waals surface area contributed by atoms with E-state index in [1.807, 2.05) is 13.8 Å². The topological polar surface area (TPSA) is 55.4 Å². The van der Waals surface area contributed by atoms with Gasteiger partial charge >= 0.3 is 0 Å². The largest absolute Gasteiger partial charge is 0.359 e. The van der Waals surface area contributed by atoms with Gasteiger partial charge in [-0.1, -0.05) is 38.0 Å². The SMILES string of the molecule is CCCC(CC)OC(C)NS(=O)(=O)c1ccc(C)cc1. The van der Waals surface area contributed by atoms with Crippen molar-refractivity contribution >= 4 is 10.0 Å². The lowest BCUT2D eigenvalue weighted by atomic mass is 10.2. The summed E-state index contributed by atoms with van der Waals surface area (Å²) in [5.41, 5.74) is 1.03. The first kappa shape index (κ1) is 17.1. The third-order valence-electron chi connectivity index (χ3n) is 3.11. The molecule has 0 aromatic heterocycles. The summed E-state index contributed by atoms with van der Waals surface area (Å²) in [5.74, 6) is 0. The Bertz CT molecular complexity index is 496. The summed E-state index contributed by atoms with van der Waals surface area (Å²) >= 11 is 0. The van der Waals surface area contributed by atoms with E-state index >= 15 is 0 Å². The predicted molar refractivity (Wildman–Crippen MR) is 81.0 cm³/mol. The van der Waals surface area contributed by atoms with Crippen molar-refractivity contribution in [2.75, 3.05) is 0 Å². The highest BCUT2D eigenvalue weighted by Crippen LogP contribution is 2.13. The molecule has 0 bridgehead atoms. The zero-order valence-corrected chi connectivity index (χ0v) is 13.5. The number of sulfonamides is 1. The molecule has 0 aliphatic heterocycles. The Labute approximate surface area is 122 Å². The van der Waals surface area contributed by atoms with Gasteiger partial charge in [0, 0.05) is 0 Å². The van der Waals surface area contributed by atoms with Gasteiger partial charge in [-0.2, -0.15) is 4.72 Å². The first-order valence-electron chi connectivity index (χ1n) is 7.13. The van der Waals surface area contributed by atoms with Gasteiger partial charge in [0.25, 0.3) is 0 Å². The zero-order chi connectivity index (χ0) is 15.2. The third kappa shape index (κ3) is 5.23. The molecule has 1 aromatic rings. The number of hydrogen-bond donors (Lipinski definition) is 1. The number of nitrogens with one attached hydrogen (secondary N) is 1. The van der Waals surface area contributed by atoms with Crippen LogP contribution in [0.25, 0.3) is 0 Å². The Morgan fingerprint density at radius 3 is 2.30 bits per heavy atom. The Morgan fingerprint density at radius 2 is 1.80 bits per heavy atom. The summed E-state index contributed by atoms with van der Waals surface area (Å²) in [6.07, 6.45) is 2.40. The quantitative estimate of drug-likeness (QED) is 0.750. The summed E-state index contributed by atoms with van der Waals surface area (Å²) in [5, 5.41) is 0. The minimum absolute atomic E-state index is 0.0933. The van der Waals surface area contributed by atoms with Crippen molar-refractivity contribution in [1.82, 2.24) is 4.72 Å². The number of aryl methyl sites for hydroxylation is 1. The highest BCUT2D eigenvalue weighted by molar-refractivity contribution is 7.89. The molecule has 4 nitrogen and oxygen atoms in total. The van der Waals surface area contributed by atoms with Crippen LogP contribution in [0, 0.1) is 6.92 Å².